The highest BCUT2D eigenvalue weighted by atomic mass is 32.2. The molecule has 4 heteroatoms. The molecule has 2 unspecified atom stereocenters. The number of amides is 1. The Morgan fingerprint density at radius 3 is 3.00 bits per heavy atom. The van der Waals surface area contributed by atoms with Crippen LogP contribution in [0.1, 0.15) is 13.3 Å². The maximum absolute atomic E-state index is 12.3. The summed E-state index contributed by atoms with van der Waals surface area (Å²) in [5.41, 5.74) is 7.55. The van der Waals surface area contributed by atoms with Gasteiger partial charge in [-0.1, -0.05) is 6.92 Å². The molecule has 2 atom stereocenters. The van der Waals surface area contributed by atoms with Gasteiger partial charge in [0.15, 0.2) is 0 Å². The average Bonchev–Trinajstić information content (AvgIpc) is 3.05. The fourth-order valence-electron chi connectivity index (χ4n) is 2.33. The first-order chi connectivity index (χ1) is 8.16. The Morgan fingerprint density at radius 1 is 1.53 bits per heavy atom. The number of hydrogen-bond donors (Lipinski definition) is 1. The second kappa shape index (κ2) is 3.95. The fourth-order valence-corrected chi connectivity index (χ4v) is 3.31. The van der Waals surface area contributed by atoms with Gasteiger partial charge < -0.3 is 10.6 Å². The van der Waals surface area contributed by atoms with Crippen molar-refractivity contribution in [3.8, 4) is 0 Å². The summed E-state index contributed by atoms with van der Waals surface area (Å²) < 4.78 is 0. The van der Waals surface area contributed by atoms with E-state index in [2.05, 4.69) is 6.92 Å². The molecule has 2 N–H and O–H groups in total. The second-order valence-corrected chi connectivity index (χ2v) is 6.02. The first kappa shape index (κ1) is 11.0. The molecule has 0 bridgehead atoms. The van der Waals surface area contributed by atoms with Crippen LogP contribution < -0.4 is 10.6 Å². The molecule has 1 fully saturated rings. The zero-order valence-corrected chi connectivity index (χ0v) is 10.7. The fraction of sp³-hybridized carbons (Fsp3) is 0.462. The van der Waals surface area contributed by atoms with Gasteiger partial charge in [-0.25, -0.2) is 0 Å². The number of carbonyl (C=O) groups is 1. The van der Waals surface area contributed by atoms with Gasteiger partial charge in [-0.15, -0.1) is 11.8 Å². The molecule has 0 radical (unpaired) electrons. The van der Waals surface area contributed by atoms with Crippen LogP contribution in [0.4, 0.5) is 11.4 Å². The summed E-state index contributed by atoms with van der Waals surface area (Å²) in [5, 5.41) is 0. The summed E-state index contributed by atoms with van der Waals surface area (Å²) in [5.74, 6) is 2.06. The van der Waals surface area contributed by atoms with E-state index in [0.29, 0.717) is 5.92 Å². The summed E-state index contributed by atoms with van der Waals surface area (Å²) in [6.45, 7) is 2.95. The highest BCUT2D eigenvalue weighted by Gasteiger charge is 2.42. The molecule has 3 rings (SSSR count). The summed E-state index contributed by atoms with van der Waals surface area (Å²) in [6.07, 6.45) is 1.04. The maximum Gasteiger partial charge on any atom is 0.230 e. The van der Waals surface area contributed by atoms with Crippen molar-refractivity contribution in [3.05, 3.63) is 18.2 Å². The topological polar surface area (TPSA) is 46.3 Å². The first-order valence-corrected chi connectivity index (χ1v) is 6.99. The van der Waals surface area contributed by atoms with Gasteiger partial charge in [-0.2, -0.15) is 0 Å². The largest absolute Gasteiger partial charge is 0.399 e. The molecule has 1 saturated carbocycles. The SMILES string of the molecule is CC1CC1C(=O)N1CCSc2ccc(N)cc21. The molecule has 1 aliphatic carbocycles. The van der Waals surface area contributed by atoms with Crippen molar-refractivity contribution in [1.82, 2.24) is 0 Å². The van der Waals surface area contributed by atoms with Crippen molar-refractivity contribution in [2.24, 2.45) is 11.8 Å². The Hall–Kier alpha value is -1.16. The third kappa shape index (κ3) is 1.90. The smallest absolute Gasteiger partial charge is 0.230 e. The molecule has 3 nitrogen and oxygen atoms in total. The number of nitrogens with two attached hydrogens (primary N) is 1. The van der Waals surface area contributed by atoms with Crippen LogP contribution in [0.3, 0.4) is 0 Å². The Balaban J connectivity index is 1.93. The molecule has 0 aromatic heterocycles. The molecular weight excluding hydrogens is 232 g/mol. The molecule has 1 amide bonds. The first-order valence-electron chi connectivity index (χ1n) is 6.00. The maximum atomic E-state index is 12.3. The lowest BCUT2D eigenvalue weighted by Gasteiger charge is -2.29. The van der Waals surface area contributed by atoms with E-state index >= 15 is 0 Å². The monoisotopic (exact) mass is 248 g/mol. The number of nitrogen functional groups attached to an aromatic ring is 1. The van der Waals surface area contributed by atoms with Crippen molar-refractivity contribution < 1.29 is 4.79 Å². The lowest BCUT2D eigenvalue weighted by molar-refractivity contribution is -0.120. The standard InChI is InChI=1S/C13H16N2OS/c1-8-6-10(8)13(16)15-4-5-17-12-3-2-9(14)7-11(12)15/h2-3,7-8,10H,4-6,14H2,1H3. The van der Waals surface area contributed by atoms with Gasteiger partial charge >= 0.3 is 0 Å². The van der Waals surface area contributed by atoms with Gasteiger partial charge in [0, 0.05) is 28.8 Å². The van der Waals surface area contributed by atoms with E-state index in [-0.39, 0.29) is 11.8 Å². The average molecular weight is 248 g/mol. The number of thioether (sulfide) groups is 1. The van der Waals surface area contributed by atoms with Crippen molar-refractivity contribution in [2.75, 3.05) is 22.9 Å². The number of rotatable bonds is 1. The van der Waals surface area contributed by atoms with E-state index in [1.807, 2.05) is 23.1 Å². The van der Waals surface area contributed by atoms with Gasteiger partial charge in [0.1, 0.15) is 0 Å². The van der Waals surface area contributed by atoms with Crippen LogP contribution in [-0.4, -0.2) is 18.2 Å². The van der Waals surface area contributed by atoms with Crippen molar-refractivity contribution >= 4 is 29.0 Å². The molecular formula is C13H16N2OS. The molecule has 0 saturated heterocycles. The number of fused-ring (bicyclic) bond motifs is 1. The van der Waals surface area contributed by atoms with Gasteiger partial charge in [-0.05, 0) is 30.5 Å². The summed E-state index contributed by atoms with van der Waals surface area (Å²) in [6, 6.07) is 5.84. The highest BCUT2D eigenvalue weighted by molar-refractivity contribution is 7.99. The molecule has 90 valence electrons. The molecule has 1 heterocycles. The molecule has 2 aliphatic rings. The minimum absolute atomic E-state index is 0.243. The molecule has 1 aromatic rings. The van der Waals surface area contributed by atoms with Crippen LogP contribution in [0.2, 0.25) is 0 Å². The number of benzene rings is 1. The van der Waals surface area contributed by atoms with Crippen LogP contribution in [0.15, 0.2) is 23.1 Å². The zero-order valence-electron chi connectivity index (χ0n) is 9.85. The summed E-state index contributed by atoms with van der Waals surface area (Å²) >= 11 is 1.80. The van der Waals surface area contributed by atoms with Gasteiger partial charge in [0.05, 0.1) is 5.69 Å². The van der Waals surface area contributed by atoms with E-state index in [4.69, 9.17) is 5.73 Å². The van der Waals surface area contributed by atoms with E-state index in [1.54, 1.807) is 11.8 Å². The lowest BCUT2D eigenvalue weighted by Crippen LogP contribution is -2.36. The number of anilines is 2. The lowest BCUT2D eigenvalue weighted by atomic mass is 10.2. The Kier molecular flexibility index (Phi) is 2.54. The number of carbonyl (C=O) groups excluding carboxylic acids is 1. The van der Waals surface area contributed by atoms with E-state index in [0.717, 1.165) is 30.1 Å². The normalized spacial score (nSPS) is 26.5. The molecule has 1 aliphatic heterocycles. The zero-order chi connectivity index (χ0) is 12.0. The van der Waals surface area contributed by atoms with Crippen molar-refractivity contribution in [2.45, 2.75) is 18.2 Å². The van der Waals surface area contributed by atoms with Crippen LogP contribution in [0.25, 0.3) is 0 Å². The van der Waals surface area contributed by atoms with Gasteiger partial charge in [-0.3, -0.25) is 4.79 Å². The summed E-state index contributed by atoms with van der Waals surface area (Å²) in [7, 11) is 0. The van der Waals surface area contributed by atoms with Crippen LogP contribution in [-0.2, 0) is 4.79 Å². The predicted molar refractivity (Wildman–Crippen MR) is 71.2 cm³/mol. The van der Waals surface area contributed by atoms with Crippen LogP contribution in [0, 0.1) is 11.8 Å². The predicted octanol–water partition coefficient (Wildman–Crippen LogP) is 2.36. The van der Waals surface area contributed by atoms with E-state index < -0.39 is 0 Å². The van der Waals surface area contributed by atoms with Crippen LogP contribution >= 0.6 is 11.8 Å². The van der Waals surface area contributed by atoms with E-state index in [9.17, 15) is 4.79 Å². The Labute approximate surface area is 105 Å². The molecule has 0 spiro atoms. The van der Waals surface area contributed by atoms with Gasteiger partial charge in [0.25, 0.3) is 0 Å². The number of nitrogens with zero attached hydrogens (tertiary/aromatic N) is 1. The molecule has 17 heavy (non-hydrogen) atoms. The Morgan fingerprint density at radius 2 is 2.29 bits per heavy atom. The van der Waals surface area contributed by atoms with Crippen LogP contribution in [0.5, 0.6) is 0 Å². The third-order valence-corrected chi connectivity index (χ3v) is 4.58. The van der Waals surface area contributed by atoms with Gasteiger partial charge in [0.2, 0.25) is 5.91 Å². The highest BCUT2D eigenvalue weighted by Crippen LogP contribution is 2.43. The third-order valence-electron chi connectivity index (χ3n) is 3.54. The Bertz CT molecular complexity index is 474. The van der Waals surface area contributed by atoms with Crippen molar-refractivity contribution in [1.29, 1.82) is 0 Å². The number of hydrogen-bond acceptors (Lipinski definition) is 3. The molecule has 1 aromatic carbocycles. The summed E-state index contributed by atoms with van der Waals surface area (Å²) in [4.78, 5) is 15.4. The second-order valence-electron chi connectivity index (χ2n) is 4.88. The minimum Gasteiger partial charge on any atom is -0.399 e. The van der Waals surface area contributed by atoms with Crippen molar-refractivity contribution in [3.63, 3.8) is 0 Å². The van der Waals surface area contributed by atoms with E-state index in [1.165, 1.54) is 4.90 Å². The minimum atomic E-state index is 0.243. The quantitative estimate of drug-likeness (QED) is 0.776.